The van der Waals surface area contributed by atoms with Crippen molar-refractivity contribution in [2.75, 3.05) is 13.7 Å². The lowest BCUT2D eigenvalue weighted by atomic mass is 10.3. The first kappa shape index (κ1) is 13.5. The number of hydrogen-bond acceptors (Lipinski definition) is 5. The summed E-state index contributed by atoms with van der Waals surface area (Å²) in [5.74, 6) is -0.714. The number of rotatable bonds is 6. The molecule has 1 aromatic carbocycles. The fourth-order valence-corrected chi connectivity index (χ4v) is 1.18. The average Bonchev–Trinajstić information content (AvgIpc) is 2.34. The highest BCUT2D eigenvalue weighted by atomic mass is 16.6. The Kier molecular flexibility index (Phi) is 4.67. The molecule has 0 heterocycles. The largest absolute Gasteiger partial charge is 0.496 e. The highest BCUT2D eigenvalue weighted by Crippen LogP contribution is 2.30. The molecule has 7 nitrogen and oxygen atoms in total. The number of ether oxygens (including phenoxy) is 2. The molecule has 1 N–H and O–H groups in total. The predicted octanol–water partition coefficient (Wildman–Crippen LogP) is 1.62. The van der Waals surface area contributed by atoms with E-state index in [-0.39, 0.29) is 18.0 Å². The van der Waals surface area contributed by atoms with Crippen molar-refractivity contribution in [2.45, 2.75) is 0 Å². The summed E-state index contributed by atoms with van der Waals surface area (Å²) in [6.45, 7) is -0.0700. The van der Waals surface area contributed by atoms with Crippen LogP contribution in [0.15, 0.2) is 30.4 Å². The van der Waals surface area contributed by atoms with Gasteiger partial charge in [-0.05, 0) is 18.2 Å². The van der Waals surface area contributed by atoms with Gasteiger partial charge in [0.05, 0.1) is 18.1 Å². The third-order valence-electron chi connectivity index (χ3n) is 1.96. The molecule has 0 unspecified atom stereocenters. The molecular formula is C11H11NO6. The van der Waals surface area contributed by atoms with E-state index < -0.39 is 10.9 Å². The van der Waals surface area contributed by atoms with Crippen LogP contribution in [0.2, 0.25) is 0 Å². The fourth-order valence-electron chi connectivity index (χ4n) is 1.18. The van der Waals surface area contributed by atoms with Gasteiger partial charge in [-0.2, -0.15) is 0 Å². The van der Waals surface area contributed by atoms with Gasteiger partial charge in [-0.3, -0.25) is 10.1 Å². The zero-order chi connectivity index (χ0) is 13.5. The Labute approximate surface area is 102 Å². The van der Waals surface area contributed by atoms with Gasteiger partial charge in [-0.15, -0.1) is 0 Å². The van der Waals surface area contributed by atoms with Crippen molar-refractivity contribution in [1.29, 1.82) is 0 Å². The van der Waals surface area contributed by atoms with E-state index in [0.717, 1.165) is 6.08 Å². The lowest BCUT2D eigenvalue weighted by Gasteiger charge is -2.05. The van der Waals surface area contributed by atoms with Crippen molar-refractivity contribution < 1.29 is 24.3 Å². The number of carboxylic acids is 1. The van der Waals surface area contributed by atoms with Gasteiger partial charge in [-0.25, -0.2) is 4.79 Å². The third-order valence-corrected chi connectivity index (χ3v) is 1.96. The number of carboxylic acid groups (broad SMARTS) is 1. The topological polar surface area (TPSA) is 98.9 Å². The molecule has 0 saturated carbocycles. The first-order valence-electron chi connectivity index (χ1n) is 4.89. The molecule has 0 bridgehead atoms. The van der Waals surface area contributed by atoms with Gasteiger partial charge in [-0.1, -0.05) is 0 Å². The van der Waals surface area contributed by atoms with Gasteiger partial charge < -0.3 is 14.6 Å². The Bertz CT molecular complexity index is 482. The molecule has 1 aromatic rings. The van der Waals surface area contributed by atoms with E-state index in [1.807, 2.05) is 0 Å². The molecule has 0 radical (unpaired) electrons. The van der Waals surface area contributed by atoms with Gasteiger partial charge in [0.15, 0.2) is 5.75 Å². The quantitative estimate of drug-likeness (QED) is 0.470. The van der Waals surface area contributed by atoms with E-state index in [0.29, 0.717) is 5.75 Å². The minimum absolute atomic E-state index is 0.0517. The summed E-state index contributed by atoms with van der Waals surface area (Å²) in [5, 5.41) is 19.1. The van der Waals surface area contributed by atoms with Crippen molar-refractivity contribution in [3.8, 4) is 11.5 Å². The van der Waals surface area contributed by atoms with E-state index in [1.165, 1.54) is 31.4 Å². The molecule has 0 aromatic heterocycles. The Morgan fingerprint density at radius 1 is 1.56 bits per heavy atom. The Morgan fingerprint density at radius 2 is 2.28 bits per heavy atom. The average molecular weight is 253 g/mol. The van der Waals surface area contributed by atoms with Crippen LogP contribution in [0.25, 0.3) is 0 Å². The van der Waals surface area contributed by atoms with Crippen molar-refractivity contribution in [3.63, 3.8) is 0 Å². The summed E-state index contributed by atoms with van der Waals surface area (Å²) in [6, 6.07) is 4.14. The summed E-state index contributed by atoms with van der Waals surface area (Å²) in [4.78, 5) is 20.4. The third kappa shape index (κ3) is 3.78. The number of nitro benzene ring substituents is 1. The van der Waals surface area contributed by atoms with Crippen LogP contribution in [0.5, 0.6) is 11.5 Å². The summed E-state index contributed by atoms with van der Waals surface area (Å²) in [6.07, 6.45) is 2.14. The van der Waals surface area contributed by atoms with E-state index in [1.54, 1.807) is 0 Å². The number of nitro groups is 1. The molecule has 0 fully saturated rings. The normalized spacial score (nSPS) is 10.3. The van der Waals surface area contributed by atoms with Crippen LogP contribution < -0.4 is 9.47 Å². The first-order chi connectivity index (χ1) is 8.54. The maximum Gasteiger partial charge on any atom is 0.328 e. The second kappa shape index (κ2) is 6.24. The van der Waals surface area contributed by atoms with Gasteiger partial charge in [0.1, 0.15) is 12.4 Å². The van der Waals surface area contributed by atoms with E-state index >= 15 is 0 Å². The molecule has 0 saturated heterocycles. The molecule has 0 aliphatic carbocycles. The SMILES string of the molecule is COc1ccc(OCC=CC(=O)O)c([N+](=O)[O-])c1. The minimum atomic E-state index is -1.11. The highest BCUT2D eigenvalue weighted by molar-refractivity contribution is 5.79. The van der Waals surface area contributed by atoms with Gasteiger partial charge in [0.25, 0.3) is 0 Å². The highest BCUT2D eigenvalue weighted by Gasteiger charge is 2.15. The lowest BCUT2D eigenvalue weighted by Crippen LogP contribution is -1.99. The Balaban J connectivity index is 2.81. The van der Waals surface area contributed by atoms with Gasteiger partial charge in [0, 0.05) is 6.08 Å². The Morgan fingerprint density at radius 3 is 2.83 bits per heavy atom. The van der Waals surface area contributed by atoms with Crippen LogP contribution in [0.3, 0.4) is 0 Å². The van der Waals surface area contributed by atoms with Crippen LogP contribution in [-0.2, 0) is 4.79 Å². The molecule has 18 heavy (non-hydrogen) atoms. The van der Waals surface area contributed by atoms with Crippen LogP contribution in [0.1, 0.15) is 0 Å². The molecule has 0 aliphatic rings. The monoisotopic (exact) mass is 253 g/mol. The van der Waals surface area contributed by atoms with Crippen LogP contribution in [0, 0.1) is 10.1 Å². The Hall–Kier alpha value is -2.57. The molecule has 0 atom stereocenters. The van der Waals surface area contributed by atoms with E-state index in [4.69, 9.17) is 14.6 Å². The number of hydrogen-bond donors (Lipinski definition) is 1. The maximum atomic E-state index is 10.8. The van der Waals surface area contributed by atoms with Crippen LogP contribution >= 0.6 is 0 Å². The number of nitrogens with zero attached hydrogens (tertiary/aromatic N) is 1. The maximum absolute atomic E-state index is 10.8. The number of carbonyl (C=O) groups is 1. The summed E-state index contributed by atoms with van der Waals surface area (Å²) < 4.78 is 9.97. The standard InChI is InChI=1S/C11H11NO6/c1-17-8-4-5-10(9(7-8)12(15)16)18-6-2-3-11(13)14/h2-5,7H,6H2,1H3,(H,13,14). The predicted molar refractivity (Wildman–Crippen MR) is 61.9 cm³/mol. The molecule has 0 amide bonds. The number of aliphatic carboxylic acids is 1. The molecule has 1 rings (SSSR count). The molecule has 7 heteroatoms. The smallest absolute Gasteiger partial charge is 0.328 e. The van der Waals surface area contributed by atoms with Gasteiger partial charge in [0.2, 0.25) is 0 Å². The van der Waals surface area contributed by atoms with Crippen LogP contribution in [0.4, 0.5) is 5.69 Å². The van der Waals surface area contributed by atoms with E-state index in [2.05, 4.69) is 0 Å². The molecule has 0 aliphatic heterocycles. The number of benzene rings is 1. The fraction of sp³-hybridized carbons (Fsp3) is 0.182. The molecular weight excluding hydrogens is 242 g/mol. The second-order valence-corrected chi connectivity index (χ2v) is 3.14. The molecule has 0 spiro atoms. The van der Waals surface area contributed by atoms with Crippen LogP contribution in [-0.4, -0.2) is 29.7 Å². The minimum Gasteiger partial charge on any atom is -0.496 e. The van der Waals surface area contributed by atoms with Crippen molar-refractivity contribution in [2.24, 2.45) is 0 Å². The van der Waals surface area contributed by atoms with E-state index in [9.17, 15) is 14.9 Å². The summed E-state index contributed by atoms with van der Waals surface area (Å²) in [5.41, 5.74) is -0.238. The first-order valence-corrected chi connectivity index (χ1v) is 4.89. The lowest BCUT2D eigenvalue weighted by molar-refractivity contribution is -0.385. The van der Waals surface area contributed by atoms with Gasteiger partial charge >= 0.3 is 11.7 Å². The van der Waals surface area contributed by atoms with Crippen molar-refractivity contribution in [3.05, 3.63) is 40.5 Å². The second-order valence-electron chi connectivity index (χ2n) is 3.14. The zero-order valence-electron chi connectivity index (χ0n) is 9.53. The van der Waals surface area contributed by atoms with Crippen molar-refractivity contribution >= 4 is 11.7 Å². The zero-order valence-corrected chi connectivity index (χ0v) is 9.53. The molecule has 96 valence electrons. The number of methoxy groups -OCH3 is 1. The summed E-state index contributed by atoms with van der Waals surface area (Å²) >= 11 is 0. The van der Waals surface area contributed by atoms with Crippen molar-refractivity contribution in [1.82, 2.24) is 0 Å². The summed E-state index contributed by atoms with van der Waals surface area (Å²) in [7, 11) is 1.40.